The monoisotopic (exact) mass is 194 g/mol. The molecular formula is C5H7O6P. The first-order chi connectivity index (χ1) is 5.33. The smallest absolute Gasteiger partial charge is 0.369 e. The van der Waals surface area contributed by atoms with Crippen LogP contribution in [0.1, 0.15) is 0 Å². The molecule has 68 valence electrons. The fourth-order valence-electron chi connectivity index (χ4n) is 0.292. The van der Waals surface area contributed by atoms with Crippen molar-refractivity contribution in [3.05, 3.63) is 0 Å². The highest BCUT2D eigenvalue weighted by Gasteiger charge is 2.28. The molecule has 0 heterocycles. The number of aldehydes is 1. The van der Waals surface area contributed by atoms with Crippen molar-refractivity contribution in [2.75, 3.05) is 6.61 Å². The standard InChI is InChI=1S/C5H7O6P/c1-2-5(7,3-6)4-11-12(8,9)10/h1,3,7H,4H2,(H2,8,9,10)/t5-/m0/s1. The average Bonchev–Trinajstić information content (AvgIpc) is 1.99. The molecule has 0 aromatic rings. The van der Waals surface area contributed by atoms with Crippen LogP contribution in [0.25, 0.3) is 0 Å². The van der Waals surface area contributed by atoms with Gasteiger partial charge >= 0.3 is 7.82 Å². The van der Waals surface area contributed by atoms with Crippen LogP contribution < -0.4 is 0 Å². The number of phosphoric acid groups is 1. The van der Waals surface area contributed by atoms with E-state index in [0.29, 0.717) is 0 Å². The Hall–Kier alpha value is -0.700. The first kappa shape index (κ1) is 11.3. The van der Waals surface area contributed by atoms with Gasteiger partial charge in [-0.15, -0.1) is 6.42 Å². The lowest BCUT2D eigenvalue weighted by Gasteiger charge is -2.14. The number of phosphoric ester groups is 1. The third-order valence-corrected chi connectivity index (χ3v) is 1.36. The predicted molar refractivity (Wildman–Crippen MR) is 37.8 cm³/mol. The molecule has 0 aromatic heterocycles. The van der Waals surface area contributed by atoms with Crippen LogP contribution in [0.2, 0.25) is 0 Å². The zero-order valence-corrected chi connectivity index (χ0v) is 6.77. The summed E-state index contributed by atoms with van der Waals surface area (Å²) in [6, 6.07) is 0. The van der Waals surface area contributed by atoms with Crippen LogP contribution in [0.4, 0.5) is 0 Å². The number of hydrogen-bond acceptors (Lipinski definition) is 4. The molecule has 0 aliphatic carbocycles. The molecule has 0 fully saturated rings. The van der Waals surface area contributed by atoms with E-state index in [0.717, 1.165) is 0 Å². The highest BCUT2D eigenvalue weighted by Crippen LogP contribution is 2.36. The molecule has 0 spiro atoms. The van der Waals surface area contributed by atoms with Gasteiger partial charge in [-0.1, -0.05) is 5.92 Å². The van der Waals surface area contributed by atoms with E-state index in [1.165, 1.54) is 0 Å². The number of hydrogen-bond donors (Lipinski definition) is 3. The van der Waals surface area contributed by atoms with E-state index in [9.17, 15) is 9.36 Å². The Morgan fingerprint density at radius 3 is 2.42 bits per heavy atom. The van der Waals surface area contributed by atoms with Crippen molar-refractivity contribution in [2.24, 2.45) is 0 Å². The molecule has 7 heteroatoms. The third-order valence-electron chi connectivity index (χ3n) is 0.898. The van der Waals surface area contributed by atoms with Gasteiger partial charge in [-0.05, 0) is 0 Å². The second kappa shape index (κ2) is 3.81. The summed E-state index contributed by atoms with van der Waals surface area (Å²) in [4.78, 5) is 26.4. The van der Waals surface area contributed by atoms with Crippen molar-refractivity contribution < 1.29 is 28.8 Å². The van der Waals surface area contributed by atoms with Gasteiger partial charge in [-0.3, -0.25) is 9.32 Å². The Morgan fingerprint density at radius 1 is 1.67 bits per heavy atom. The topological polar surface area (TPSA) is 104 Å². The maximum atomic E-state index is 10.1. The summed E-state index contributed by atoms with van der Waals surface area (Å²) in [6.45, 7) is -0.933. The van der Waals surface area contributed by atoms with Crippen LogP contribution in [-0.4, -0.2) is 33.4 Å². The Kier molecular flexibility index (Phi) is 3.58. The molecule has 0 amide bonds. The number of aliphatic hydroxyl groups is 1. The van der Waals surface area contributed by atoms with Crippen LogP contribution in [0.15, 0.2) is 0 Å². The first-order valence-electron chi connectivity index (χ1n) is 2.69. The van der Waals surface area contributed by atoms with E-state index in [-0.39, 0.29) is 6.29 Å². The van der Waals surface area contributed by atoms with E-state index in [1.54, 1.807) is 5.92 Å². The van der Waals surface area contributed by atoms with Crippen molar-refractivity contribution in [3.8, 4) is 12.3 Å². The van der Waals surface area contributed by atoms with Crippen LogP contribution in [-0.2, 0) is 13.9 Å². The largest absolute Gasteiger partial charge is 0.469 e. The Morgan fingerprint density at radius 2 is 2.17 bits per heavy atom. The fraction of sp³-hybridized carbons (Fsp3) is 0.400. The van der Waals surface area contributed by atoms with Crippen LogP contribution in [0.5, 0.6) is 0 Å². The molecule has 12 heavy (non-hydrogen) atoms. The third kappa shape index (κ3) is 4.23. The number of rotatable bonds is 4. The zero-order chi connectivity index (χ0) is 9.83. The quantitative estimate of drug-likeness (QED) is 0.290. The minimum absolute atomic E-state index is 0.0390. The zero-order valence-electron chi connectivity index (χ0n) is 5.88. The number of carbonyl (C=O) groups is 1. The van der Waals surface area contributed by atoms with Gasteiger partial charge in [-0.25, -0.2) is 4.57 Å². The van der Waals surface area contributed by atoms with Gasteiger partial charge in [0.15, 0.2) is 6.29 Å². The van der Waals surface area contributed by atoms with Crippen molar-refractivity contribution in [3.63, 3.8) is 0 Å². The van der Waals surface area contributed by atoms with Crippen LogP contribution in [0.3, 0.4) is 0 Å². The van der Waals surface area contributed by atoms with Gasteiger partial charge in [0.25, 0.3) is 0 Å². The van der Waals surface area contributed by atoms with E-state index < -0.39 is 20.0 Å². The maximum Gasteiger partial charge on any atom is 0.469 e. The Bertz CT molecular complexity index is 249. The van der Waals surface area contributed by atoms with E-state index >= 15 is 0 Å². The Labute approximate surface area is 68.4 Å². The molecule has 6 nitrogen and oxygen atoms in total. The average molecular weight is 194 g/mol. The molecule has 0 aliphatic rings. The number of carbonyl (C=O) groups excluding carboxylic acids is 1. The molecule has 0 aromatic carbocycles. The molecule has 0 unspecified atom stereocenters. The van der Waals surface area contributed by atoms with Gasteiger partial charge in [0, 0.05) is 0 Å². The molecule has 0 radical (unpaired) electrons. The summed E-state index contributed by atoms with van der Waals surface area (Å²) >= 11 is 0. The second-order valence-electron chi connectivity index (χ2n) is 1.95. The van der Waals surface area contributed by atoms with Gasteiger partial charge < -0.3 is 14.9 Å². The normalized spacial score (nSPS) is 16.2. The van der Waals surface area contributed by atoms with Gasteiger partial charge in [-0.2, -0.15) is 0 Å². The summed E-state index contributed by atoms with van der Waals surface area (Å²) in [5.41, 5.74) is -2.28. The lowest BCUT2D eigenvalue weighted by Crippen LogP contribution is -2.33. The molecule has 3 N–H and O–H groups in total. The van der Waals surface area contributed by atoms with E-state index in [1.807, 2.05) is 0 Å². The summed E-state index contributed by atoms with van der Waals surface area (Å²) in [5, 5.41) is 8.92. The van der Waals surface area contributed by atoms with Crippen molar-refractivity contribution in [1.82, 2.24) is 0 Å². The Balaban J connectivity index is 4.19. The lowest BCUT2D eigenvalue weighted by atomic mass is 10.1. The summed E-state index contributed by atoms with van der Waals surface area (Å²) in [6.07, 6.45) is 4.64. The van der Waals surface area contributed by atoms with Crippen molar-refractivity contribution in [1.29, 1.82) is 0 Å². The van der Waals surface area contributed by atoms with E-state index in [2.05, 4.69) is 10.9 Å². The summed E-state index contributed by atoms with van der Waals surface area (Å²) in [7, 11) is -4.70. The molecule has 0 aliphatic heterocycles. The van der Waals surface area contributed by atoms with Crippen molar-refractivity contribution >= 4 is 14.1 Å². The molecule has 0 saturated carbocycles. The summed E-state index contributed by atoms with van der Waals surface area (Å²) in [5.74, 6) is 1.62. The first-order valence-corrected chi connectivity index (χ1v) is 4.22. The van der Waals surface area contributed by atoms with Crippen molar-refractivity contribution in [2.45, 2.75) is 5.60 Å². The lowest BCUT2D eigenvalue weighted by molar-refractivity contribution is -0.121. The molecular weight excluding hydrogens is 187 g/mol. The maximum absolute atomic E-state index is 10.1. The molecule has 0 bridgehead atoms. The fourth-order valence-corrected chi connectivity index (χ4v) is 0.657. The van der Waals surface area contributed by atoms with E-state index in [4.69, 9.17) is 14.9 Å². The highest BCUT2D eigenvalue weighted by atomic mass is 31.2. The summed E-state index contributed by atoms with van der Waals surface area (Å²) < 4.78 is 13.9. The second-order valence-corrected chi connectivity index (χ2v) is 3.19. The molecule has 0 rings (SSSR count). The highest BCUT2D eigenvalue weighted by molar-refractivity contribution is 7.46. The SMILES string of the molecule is C#C[C@](O)(C=O)COP(=O)(O)O. The minimum Gasteiger partial charge on any atom is -0.369 e. The van der Waals surface area contributed by atoms with Gasteiger partial charge in [0.05, 0.1) is 0 Å². The van der Waals surface area contributed by atoms with Gasteiger partial charge in [0.1, 0.15) is 6.61 Å². The number of terminal acetylenes is 1. The van der Waals surface area contributed by atoms with Gasteiger partial charge in [0.2, 0.25) is 5.60 Å². The van der Waals surface area contributed by atoms with Crippen LogP contribution in [0, 0.1) is 12.3 Å². The molecule has 1 atom stereocenters. The predicted octanol–water partition coefficient (Wildman–Crippen LogP) is -1.34. The molecule has 0 saturated heterocycles. The van der Waals surface area contributed by atoms with Crippen LogP contribution >= 0.6 is 7.82 Å². The minimum atomic E-state index is -4.70.